The second-order valence-corrected chi connectivity index (χ2v) is 5.28. The van der Waals surface area contributed by atoms with Gasteiger partial charge in [-0.1, -0.05) is 32.8 Å². The number of carbonyl (C=O) groups excluding carboxylic acids is 1. The molecule has 0 radical (unpaired) electrons. The summed E-state index contributed by atoms with van der Waals surface area (Å²) in [6.45, 7) is 9.09. The number of hydrogen-bond acceptors (Lipinski definition) is 2. The number of anilines is 1. The van der Waals surface area contributed by atoms with E-state index in [0.717, 1.165) is 17.7 Å². The lowest BCUT2D eigenvalue weighted by atomic mass is 10.0. The molecule has 0 saturated heterocycles. The molecule has 3 nitrogen and oxygen atoms in total. The molecule has 0 aliphatic carbocycles. The lowest BCUT2D eigenvalue weighted by Crippen LogP contribution is -2.23. The largest absolute Gasteiger partial charge is 0.382 e. The van der Waals surface area contributed by atoms with Crippen LogP contribution >= 0.6 is 0 Å². The molecule has 2 N–H and O–H groups in total. The topological polar surface area (TPSA) is 41.1 Å². The predicted molar refractivity (Wildman–Crippen MR) is 86.4 cm³/mol. The van der Waals surface area contributed by atoms with Crippen molar-refractivity contribution < 1.29 is 4.79 Å². The molecule has 0 aromatic heterocycles. The van der Waals surface area contributed by atoms with Gasteiger partial charge in [-0.25, -0.2) is 0 Å². The van der Waals surface area contributed by atoms with Crippen LogP contribution in [0.15, 0.2) is 18.2 Å². The van der Waals surface area contributed by atoms with E-state index in [0.29, 0.717) is 12.6 Å². The Bertz CT molecular complexity index is 429. The highest BCUT2D eigenvalue weighted by atomic mass is 16.1. The van der Waals surface area contributed by atoms with E-state index in [1.165, 1.54) is 24.8 Å². The first kappa shape index (κ1) is 16.5. The Balaban J connectivity index is 2.82. The number of unbranched alkanes of at least 4 members (excludes halogenated alkanes) is 1. The number of hydrogen-bond donors (Lipinski definition) is 2. The number of nitrogens with one attached hydrogen (secondary N) is 2. The molecule has 0 fully saturated rings. The second kappa shape index (κ2) is 8.62. The van der Waals surface area contributed by atoms with Crippen LogP contribution in [0.4, 0.5) is 5.69 Å². The first-order valence-corrected chi connectivity index (χ1v) is 7.77. The minimum atomic E-state index is -0.00263. The molecule has 0 aliphatic rings. The third-order valence-corrected chi connectivity index (χ3v) is 3.60. The molecule has 0 saturated carbocycles. The molecule has 1 atom stereocenters. The van der Waals surface area contributed by atoms with Gasteiger partial charge in [0.25, 0.3) is 5.91 Å². The zero-order valence-electron chi connectivity index (χ0n) is 13.3. The summed E-state index contributed by atoms with van der Waals surface area (Å²) in [4.78, 5) is 11.9. The van der Waals surface area contributed by atoms with Crippen LogP contribution in [0, 0.1) is 6.92 Å². The molecule has 1 aromatic rings. The van der Waals surface area contributed by atoms with Crippen molar-refractivity contribution in [3.05, 3.63) is 29.3 Å². The standard InChI is InChI=1S/C17H28N2O/c1-5-8-9-15(6-2)19-16-12-14(11-10-13(16)4)17(20)18-7-3/h10-12,15,19H,5-9H2,1-4H3,(H,18,20). The normalized spacial score (nSPS) is 12.0. The Morgan fingerprint density at radius 3 is 2.60 bits per heavy atom. The summed E-state index contributed by atoms with van der Waals surface area (Å²) in [5.74, 6) is -0.00263. The van der Waals surface area contributed by atoms with Crippen molar-refractivity contribution in [2.75, 3.05) is 11.9 Å². The molecular formula is C17H28N2O. The van der Waals surface area contributed by atoms with Gasteiger partial charge in [-0.3, -0.25) is 4.79 Å². The van der Waals surface area contributed by atoms with E-state index in [2.05, 4.69) is 31.4 Å². The molecule has 1 unspecified atom stereocenters. The van der Waals surface area contributed by atoms with Crippen molar-refractivity contribution in [1.29, 1.82) is 0 Å². The van der Waals surface area contributed by atoms with Gasteiger partial charge in [0.1, 0.15) is 0 Å². The van der Waals surface area contributed by atoms with Gasteiger partial charge in [-0.05, 0) is 44.4 Å². The van der Waals surface area contributed by atoms with E-state index in [1.807, 2.05) is 25.1 Å². The number of benzene rings is 1. The summed E-state index contributed by atoms with van der Waals surface area (Å²) in [6.07, 6.45) is 4.74. The number of rotatable bonds is 8. The summed E-state index contributed by atoms with van der Waals surface area (Å²) < 4.78 is 0. The smallest absolute Gasteiger partial charge is 0.251 e. The Morgan fingerprint density at radius 1 is 1.25 bits per heavy atom. The summed E-state index contributed by atoms with van der Waals surface area (Å²) in [5.41, 5.74) is 3.00. The van der Waals surface area contributed by atoms with Gasteiger partial charge in [0.15, 0.2) is 0 Å². The highest BCUT2D eigenvalue weighted by Crippen LogP contribution is 2.20. The SMILES string of the molecule is CCCCC(CC)Nc1cc(C(=O)NCC)ccc1C. The van der Waals surface area contributed by atoms with Crippen LogP contribution < -0.4 is 10.6 Å². The van der Waals surface area contributed by atoms with Gasteiger partial charge in [0.2, 0.25) is 0 Å². The van der Waals surface area contributed by atoms with Crippen molar-refractivity contribution in [1.82, 2.24) is 5.32 Å². The van der Waals surface area contributed by atoms with Gasteiger partial charge in [0.05, 0.1) is 0 Å². The van der Waals surface area contributed by atoms with Crippen LogP contribution in [0.5, 0.6) is 0 Å². The van der Waals surface area contributed by atoms with Crippen LogP contribution in [-0.2, 0) is 0 Å². The highest BCUT2D eigenvalue weighted by molar-refractivity contribution is 5.95. The van der Waals surface area contributed by atoms with Crippen molar-refractivity contribution in [3.63, 3.8) is 0 Å². The van der Waals surface area contributed by atoms with E-state index in [4.69, 9.17) is 0 Å². The van der Waals surface area contributed by atoms with Crippen LogP contribution in [0.2, 0.25) is 0 Å². The second-order valence-electron chi connectivity index (χ2n) is 5.28. The van der Waals surface area contributed by atoms with Gasteiger partial charge < -0.3 is 10.6 Å². The maximum absolute atomic E-state index is 11.9. The summed E-state index contributed by atoms with van der Waals surface area (Å²) in [6, 6.07) is 6.35. The Kier molecular flexibility index (Phi) is 7.13. The van der Waals surface area contributed by atoms with Crippen molar-refractivity contribution >= 4 is 11.6 Å². The molecule has 3 heteroatoms. The van der Waals surface area contributed by atoms with Crippen LogP contribution in [0.1, 0.15) is 62.4 Å². The number of carbonyl (C=O) groups is 1. The molecule has 0 heterocycles. The van der Waals surface area contributed by atoms with E-state index < -0.39 is 0 Å². The van der Waals surface area contributed by atoms with E-state index >= 15 is 0 Å². The monoisotopic (exact) mass is 276 g/mol. The zero-order valence-corrected chi connectivity index (χ0v) is 13.3. The lowest BCUT2D eigenvalue weighted by molar-refractivity contribution is 0.0956. The first-order valence-electron chi connectivity index (χ1n) is 7.77. The summed E-state index contributed by atoms with van der Waals surface area (Å²) in [7, 11) is 0. The van der Waals surface area contributed by atoms with E-state index in [9.17, 15) is 4.79 Å². The fourth-order valence-corrected chi connectivity index (χ4v) is 2.23. The van der Waals surface area contributed by atoms with E-state index in [1.54, 1.807) is 0 Å². The van der Waals surface area contributed by atoms with Crippen LogP contribution in [0.25, 0.3) is 0 Å². The molecule has 1 amide bonds. The summed E-state index contributed by atoms with van der Waals surface area (Å²) in [5, 5.41) is 6.43. The van der Waals surface area contributed by atoms with Crippen molar-refractivity contribution in [2.45, 2.75) is 59.4 Å². The van der Waals surface area contributed by atoms with Gasteiger partial charge in [-0.15, -0.1) is 0 Å². The average Bonchev–Trinajstić information content (AvgIpc) is 2.45. The fraction of sp³-hybridized carbons (Fsp3) is 0.588. The molecular weight excluding hydrogens is 248 g/mol. The van der Waals surface area contributed by atoms with Gasteiger partial charge in [0, 0.05) is 23.8 Å². The van der Waals surface area contributed by atoms with Crippen molar-refractivity contribution in [3.8, 4) is 0 Å². The third kappa shape index (κ3) is 4.87. The maximum atomic E-state index is 11.9. The molecule has 1 aromatic carbocycles. The quantitative estimate of drug-likeness (QED) is 0.749. The average molecular weight is 276 g/mol. The van der Waals surface area contributed by atoms with Crippen LogP contribution in [-0.4, -0.2) is 18.5 Å². The first-order chi connectivity index (χ1) is 9.62. The Morgan fingerprint density at radius 2 is 2.00 bits per heavy atom. The lowest BCUT2D eigenvalue weighted by Gasteiger charge is -2.20. The molecule has 20 heavy (non-hydrogen) atoms. The zero-order chi connectivity index (χ0) is 15.0. The summed E-state index contributed by atoms with van der Waals surface area (Å²) >= 11 is 0. The van der Waals surface area contributed by atoms with Crippen LogP contribution in [0.3, 0.4) is 0 Å². The fourth-order valence-electron chi connectivity index (χ4n) is 2.23. The predicted octanol–water partition coefficient (Wildman–Crippen LogP) is 4.13. The Hall–Kier alpha value is -1.51. The highest BCUT2D eigenvalue weighted by Gasteiger charge is 2.10. The number of amides is 1. The minimum Gasteiger partial charge on any atom is -0.382 e. The van der Waals surface area contributed by atoms with Gasteiger partial charge >= 0.3 is 0 Å². The number of aryl methyl sites for hydroxylation is 1. The van der Waals surface area contributed by atoms with Crippen molar-refractivity contribution in [2.24, 2.45) is 0 Å². The molecule has 1 rings (SSSR count). The minimum absolute atomic E-state index is 0.00263. The third-order valence-electron chi connectivity index (χ3n) is 3.60. The van der Waals surface area contributed by atoms with Gasteiger partial charge in [-0.2, -0.15) is 0 Å². The molecule has 112 valence electrons. The maximum Gasteiger partial charge on any atom is 0.251 e. The van der Waals surface area contributed by atoms with E-state index in [-0.39, 0.29) is 5.91 Å². The molecule has 0 spiro atoms. The molecule has 0 bridgehead atoms. The molecule has 0 aliphatic heterocycles. The Labute approximate surface area is 123 Å².